The number of halogens is 2. The monoisotopic (exact) mass is 529 g/mol. The van der Waals surface area contributed by atoms with Crippen LogP contribution in [-0.4, -0.2) is 51.8 Å². The predicted molar refractivity (Wildman–Crippen MR) is 154 cm³/mol. The van der Waals surface area contributed by atoms with Crippen molar-refractivity contribution in [3.63, 3.8) is 0 Å². The van der Waals surface area contributed by atoms with Crippen LogP contribution in [0.4, 0.5) is 17.1 Å². The largest absolute Gasteiger partial charge is 0.495 e. The highest BCUT2D eigenvalue weighted by atomic mass is 35.5. The molecule has 0 saturated carbocycles. The number of para-hydroxylation sites is 3. The molecule has 194 valence electrons. The van der Waals surface area contributed by atoms with Gasteiger partial charge in [-0.05, 0) is 61.7 Å². The van der Waals surface area contributed by atoms with Crippen LogP contribution in [0.5, 0.6) is 11.5 Å². The van der Waals surface area contributed by atoms with E-state index in [-0.39, 0.29) is 24.8 Å². The Balaban J connectivity index is 0.00000180. The molecule has 0 N–H and O–H groups in total. The summed E-state index contributed by atoms with van der Waals surface area (Å²) >= 11 is 0. The molecule has 1 fully saturated rings. The number of rotatable bonds is 7. The van der Waals surface area contributed by atoms with Crippen molar-refractivity contribution < 1.29 is 9.47 Å². The lowest BCUT2D eigenvalue weighted by Gasteiger charge is -2.33. The van der Waals surface area contributed by atoms with Gasteiger partial charge in [0.05, 0.1) is 18.5 Å². The van der Waals surface area contributed by atoms with Crippen molar-refractivity contribution in [2.24, 2.45) is 0 Å². The summed E-state index contributed by atoms with van der Waals surface area (Å²) in [4.78, 5) is 7.28. The first-order valence-electron chi connectivity index (χ1n) is 12.3. The van der Waals surface area contributed by atoms with Crippen molar-refractivity contribution in [3.05, 3.63) is 77.9 Å². The first kappa shape index (κ1) is 28.0. The highest BCUT2D eigenvalue weighted by molar-refractivity contribution is 5.85. The molecular formula is C29H37Cl2N3O2. The van der Waals surface area contributed by atoms with Crippen molar-refractivity contribution in [1.82, 2.24) is 4.90 Å². The molecule has 0 radical (unpaired) electrons. The smallest absolute Gasteiger partial charge is 0.143 e. The molecule has 3 aromatic rings. The fraction of sp³-hybridized carbons (Fsp3) is 0.379. The zero-order valence-corrected chi connectivity index (χ0v) is 23.0. The minimum Gasteiger partial charge on any atom is -0.495 e. The van der Waals surface area contributed by atoms with Gasteiger partial charge >= 0.3 is 0 Å². The standard InChI is InChI=1S/C29H35N3O2.2ClH/c1-30(2)27-19-22(14-15-28(27)33-3)16-18-31-17-8-10-24(31)20-32-25-11-5-4-9-23(25)21-34-29-13-7-6-12-26(29)32;;/h4-7,9,11-15,19,24H,8,10,16-18,20-21H2,1-3H3;2*1H. The van der Waals surface area contributed by atoms with Gasteiger partial charge in [0.2, 0.25) is 0 Å². The van der Waals surface area contributed by atoms with Gasteiger partial charge in [-0.2, -0.15) is 0 Å². The van der Waals surface area contributed by atoms with E-state index in [2.05, 4.69) is 95.5 Å². The quantitative estimate of drug-likeness (QED) is 0.356. The second-order valence-corrected chi connectivity index (χ2v) is 9.48. The van der Waals surface area contributed by atoms with E-state index in [1.165, 1.54) is 35.3 Å². The fourth-order valence-corrected chi connectivity index (χ4v) is 5.30. The molecular weight excluding hydrogens is 493 g/mol. The highest BCUT2D eigenvalue weighted by Gasteiger charge is 2.29. The summed E-state index contributed by atoms with van der Waals surface area (Å²) in [6.07, 6.45) is 3.52. The zero-order chi connectivity index (χ0) is 23.5. The van der Waals surface area contributed by atoms with Gasteiger partial charge in [-0.25, -0.2) is 0 Å². The van der Waals surface area contributed by atoms with E-state index in [1.54, 1.807) is 7.11 Å². The Labute approximate surface area is 227 Å². The maximum absolute atomic E-state index is 6.18. The molecule has 1 unspecified atom stereocenters. The molecule has 0 aliphatic carbocycles. The molecule has 7 heteroatoms. The molecule has 1 atom stereocenters. The van der Waals surface area contributed by atoms with Gasteiger partial charge < -0.3 is 19.3 Å². The van der Waals surface area contributed by atoms with E-state index in [9.17, 15) is 0 Å². The van der Waals surface area contributed by atoms with E-state index in [4.69, 9.17) is 9.47 Å². The normalized spacial score (nSPS) is 16.5. The van der Waals surface area contributed by atoms with E-state index in [0.717, 1.165) is 43.2 Å². The molecule has 2 aliphatic heterocycles. The number of anilines is 3. The molecule has 5 nitrogen and oxygen atoms in total. The van der Waals surface area contributed by atoms with Crippen LogP contribution in [0.3, 0.4) is 0 Å². The van der Waals surface area contributed by atoms with Gasteiger partial charge in [-0.3, -0.25) is 4.90 Å². The van der Waals surface area contributed by atoms with Crippen LogP contribution in [0.25, 0.3) is 0 Å². The van der Waals surface area contributed by atoms with E-state index < -0.39 is 0 Å². The van der Waals surface area contributed by atoms with Crippen LogP contribution >= 0.6 is 24.8 Å². The summed E-state index contributed by atoms with van der Waals surface area (Å²) in [5, 5.41) is 0. The minimum atomic E-state index is 0. The summed E-state index contributed by atoms with van der Waals surface area (Å²) in [6.45, 7) is 3.82. The minimum absolute atomic E-state index is 0. The first-order valence-corrected chi connectivity index (χ1v) is 12.3. The van der Waals surface area contributed by atoms with E-state index >= 15 is 0 Å². The molecule has 36 heavy (non-hydrogen) atoms. The Morgan fingerprint density at radius 1 is 0.972 bits per heavy atom. The number of benzene rings is 3. The SMILES string of the molecule is COc1ccc(CCN2CCCC2CN2c3ccccc3COc3ccccc32)cc1N(C)C.Cl.Cl. The Kier molecular flexibility index (Phi) is 9.77. The number of nitrogens with zero attached hydrogens (tertiary/aromatic N) is 3. The summed E-state index contributed by atoms with van der Waals surface area (Å²) in [5.74, 6) is 1.89. The van der Waals surface area contributed by atoms with Gasteiger partial charge in [-0.15, -0.1) is 24.8 Å². The van der Waals surface area contributed by atoms with Crippen LogP contribution in [0.1, 0.15) is 24.0 Å². The van der Waals surface area contributed by atoms with Crippen molar-refractivity contribution >= 4 is 41.9 Å². The van der Waals surface area contributed by atoms with Crippen LogP contribution in [0.15, 0.2) is 66.7 Å². The summed E-state index contributed by atoms with van der Waals surface area (Å²) in [7, 11) is 5.87. The molecule has 2 aliphatic rings. The number of methoxy groups -OCH3 is 1. The molecule has 3 aromatic carbocycles. The summed E-state index contributed by atoms with van der Waals surface area (Å²) < 4.78 is 11.7. The third-order valence-corrected chi connectivity index (χ3v) is 7.13. The Morgan fingerprint density at radius 3 is 2.50 bits per heavy atom. The van der Waals surface area contributed by atoms with Gasteiger partial charge in [0.25, 0.3) is 0 Å². The van der Waals surface area contributed by atoms with Crippen LogP contribution < -0.4 is 19.3 Å². The van der Waals surface area contributed by atoms with Gasteiger partial charge in [-0.1, -0.05) is 36.4 Å². The average molecular weight is 531 g/mol. The lowest BCUT2D eigenvalue weighted by molar-refractivity contribution is 0.261. The summed E-state index contributed by atoms with van der Waals surface area (Å²) in [5.41, 5.74) is 6.18. The van der Waals surface area contributed by atoms with Gasteiger partial charge in [0, 0.05) is 44.5 Å². The number of hydrogen-bond acceptors (Lipinski definition) is 5. The van der Waals surface area contributed by atoms with Gasteiger partial charge in [0.1, 0.15) is 18.1 Å². The molecule has 1 saturated heterocycles. The van der Waals surface area contributed by atoms with Crippen molar-refractivity contribution in [2.45, 2.75) is 31.9 Å². The molecule has 5 rings (SSSR count). The van der Waals surface area contributed by atoms with Crippen LogP contribution in [0, 0.1) is 0 Å². The number of likely N-dealkylation sites (tertiary alicyclic amines) is 1. The van der Waals surface area contributed by atoms with E-state index in [1.807, 2.05) is 0 Å². The van der Waals surface area contributed by atoms with Crippen LogP contribution in [-0.2, 0) is 13.0 Å². The predicted octanol–water partition coefficient (Wildman–Crippen LogP) is 6.34. The third kappa shape index (κ3) is 5.86. The average Bonchev–Trinajstić information content (AvgIpc) is 3.25. The maximum atomic E-state index is 6.18. The topological polar surface area (TPSA) is 28.2 Å². The molecule has 0 aromatic heterocycles. The van der Waals surface area contributed by atoms with Crippen LogP contribution in [0.2, 0.25) is 0 Å². The Hall–Kier alpha value is -2.60. The lowest BCUT2D eigenvalue weighted by atomic mass is 10.1. The molecule has 2 heterocycles. The lowest BCUT2D eigenvalue weighted by Crippen LogP contribution is -2.39. The van der Waals surface area contributed by atoms with Crippen molar-refractivity contribution in [3.8, 4) is 11.5 Å². The third-order valence-electron chi connectivity index (χ3n) is 7.13. The molecule has 0 amide bonds. The second-order valence-electron chi connectivity index (χ2n) is 9.48. The number of ether oxygens (including phenoxy) is 2. The Morgan fingerprint density at radius 2 is 1.72 bits per heavy atom. The fourth-order valence-electron chi connectivity index (χ4n) is 5.30. The molecule has 0 bridgehead atoms. The number of hydrogen-bond donors (Lipinski definition) is 0. The van der Waals surface area contributed by atoms with E-state index in [0.29, 0.717) is 12.6 Å². The molecule has 0 spiro atoms. The highest BCUT2D eigenvalue weighted by Crippen LogP contribution is 2.40. The van der Waals surface area contributed by atoms with Crippen molar-refractivity contribution in [1.29, 1.82) is 0 Å². The first-order chi connectivity index (χ1) is 16.6. The Bertz CT molecular complexity index is 1090. The number of fused-ring (bicyclic) bond motifs is 2. The zero-order valence-electron chi connectivity index (χ0n) is 21.4. The second kappa shape index (κ2) is 12.6. The maximum Gasteiger partial charge on any atom is 0.143 e. The van der Waals surface area contributed by atoms with Crippen molar-refractivity contribution in [2.75, 3.05) is 50.6 Å². The van der Waals surface area contributed by atoms with Gasteiger partial charge in [0.15, 0.2) is 0 Å². The summed E-state index contributed by atoms with van der Waals surface area (Å²) in [6, 6.07) is 24.2.